The van der Waals surface area contributed by atoms with Crippen LogP contribution in [0.25, 0.3) is 10.9 Å². The van der Waals surface area contributed by atoms with Gasteiger partial charge in [-0.2, -0.15) is 4.98 Å². The molecular formula is C17H14Cl2N4. The number of hydrogen-bond acceptors (Lipinski definition) is 4. The molecule has 0 radical (unpaired) electrons. The summed E-state index contributed by atoms with van der Waals surface area (Å²) in [6.45, 7) is 0. The molecule has 0 unspecified atom stereocenters. The van der Waals surface area contributed by atoms with Gasteiger partial charge < -0.3 is 10.6 Å². The molecule has 1 heterocycles. The van der Waals surface area contributed by atoms with Gasteiger partial charge in [0.25, 0.3) is 0 Å². The topological polar surface area (TPSA) is 49.8 Å². The minimum absolute atomic E-state index is 0.494. The highest BCUT2D eigenvalue weighted by molar-refractivity contribution is 6.42. The first-order chi connectivity index (χ1) is 11.2. The Labute approximate surface area is 143 Å². The molecule has 6 heteroatoms. The van der Waals surface area contributed by atoms with E-state index in [4.69, 9.17) is 23.2 Å². The van der Waals surface area contributed by atoms with Gasteiger partial charge in [0.15, 0.2) is 0 Å². The second kappa shape index (κ2) is 5.87. The quantitative estimate of drug-likeness (QED) is 0.678. The van der Waals surface area contributed by atoms with Crippen LogP contribution >= 0.6 is 23.2 Å². The summed E-state index contributed by atoms with van der Waals surface area (Å²) in [4.78, 5) is 9.19. The first-order valence-corrected chi connectivity index (χ1v) is 8.20. The molecule has 2 aromatic carbocycles. The molecule has 0 bridgehead atoms. The molecule has 116 valence electrons. The first kappa shape index (κ1) is 14.5. The minimum Gasteiger partial charge on any atom is -0.367 e. The average Bonchev–Trinajstić information content (AvgIpc) is 3.35. The third kappa shape index (κ3) is 3.19. The zero-order valence-corrected chi connectivity index (χ0v) is 13.7. The Kier molecular flexibility index (Phi) is 3.71. The SMILES string of the molecule is Clc1ccc(Nc2nc(NC3CC3)c3ccccc3n2)cc1Cl. The second-order valence-electron chi connectivity index (χ2n) is 5.59. The summed E-state index contributed by atoms with van der Waals surface area (Å²) in [5.74, 6) is 1.39. The van der Waals surface area contributed by atoms with E-state index in [-0.39, 0.29) is 0 Å². The van der Waals surface area contributed by atoms with Crippen LogP contribution < -0.4 is 10.6 Å². The van der Waals surface area contributed by atoms with Crippen molar-refractivity contribution in [1.82, 2.24) is 9.97 Å². The van der Waals surface area contributed by atoms with Gasteiger partial charge in [0.1, 0.15) is 5.82 Å². The van der Waals surface area contributed by atoms with Crippen molar-refractivity contribution in [3.63, 3.8) is 0 Å². The number of hydrogen-bond donors (Lipinski definition) is 2. The van der Waals surface area contributed by atoms with Crippen LogP contribution in [-0.2, 0) is 0 Å². The standard InChI is InChI=1S/C17H14Cl2N4/c18-13-8-7-11(9-14(13)19)21-17-22-15-4-2-1-3-12(15)16(23-17)20-10-5-6-10/h1-4,7-10H,5-6H2,(H2,20,21,22,23). The Morgan fingerprint density at radius 1 is 0.957 bits per heavy atom. The largest absolute Gasteiger partial charge is 0.367 e. The van der Waals surface area contributed by atoms with Crippen LogP contribution in [0.4, 0.5) is 17.5 Å². The van der Waals surface area contributed by atoms with E-state index in [0.717, 1.165) is 22.4 Å². The summed E-state index contributed by atoms with van der Waals surface area (Å²) < 4.78 is 0. The number of anilines is 3. The third-order valence-corrected chi connectivity index (χ3v) is 4.44. The molecule has 3 aromatic rings. The van der Waals surface area contributed by atoms with E-state index in [1.807, 2.05) is 30.3 Å². The molecule has 0 atom stereocenters. The van der Waals surface area contributed by atoms with Gasteiger partial charge in [-0.05, 0) is 43.2 Å². The van der Waals surface area contributed by atoms with Crippen LogP contribution in [0.1, 0.15) is 12.8 Å². The summed E-state index contributed by atoms with van der Waals surface area (Å²) in [5, 5.41) is 8.70. The molecule has 0 amide bonds. The number of nitrogens with one attached hydrogen (secondary N) is 2. The Morgan fingerprint density at radius 2 is 1.78 bits per heavy atom. The Morgan fingerprint density at radius 3 is 2.57 bits per heavy atom. The van der Waals surface area contributed by atoms with Gasteiger partial charge in [0, 0.05) is 17.1 Å². The van der Waals surface area contributed by atoms with Crippen LogP contribution in [0, 0.1) is 0 Å². The van der Waals surface area contributed by atoms with E-state index in [1.54, 1.807) is 12.1 Å². The highest BCUT2D eigenvalue weighted by atomic mass is 35.5. The van der Waals surface area contributed by atoms with Crippen molar-refractivity contribution in [1.29, 1.82) is 0 Å². The van der Waals surface area contributed by atoms with E-state index in [0.29, 0.717) is 22.0 Å². The van der Waals surface area contributed by atoms with Gasteiger partial charge in [0.2, 0.25) is 5.95 Å². The summed E-state index contributed by atoms with van der Waals surface area (Å²) in [7, 11) is 0. The molecule has 1 aliphatic rings. The van der Waals surface area contributed by atoms with Crippen LogP contribution in [0.3, 0.4) is 0 Å². The van der Waals surface area contributed by atoms with Gasteiger partial charge in [-0.15, -0.1) is 0 Å². The smallest absolute Gasteiger partial charge is 0.229 e. The highest BCUT2D eigenvalue weighted by Crippen LogP contribution is 2.30. The van der Waals surface area contributed by atoms with Gasteiger partial charge in [0.05, 0.1) is 15.6 Å². The fourth-order valence-electron chi connectivity index (χ4n) is 2.37. The molecule has 0 spiro atoms. The lowest BCUT2D eigenvalue weighted by Crippen LogP contribution is -2.07. The summed E-state index contributed by atoms with van der Waals surface area (Å²) in [6, 6.07) is 13.9. The van der Waals surface area contributed by atoms with Crippen molar-refractivity contribution < 1.29 is 0 Å². The second-order valence-corrected chi connectivity index (χ2v) is 6.40. The van der Waals surface area contributed by atoms with Crippen LogP contribution in [-0.4, -0.2) is 16.0 Å². The molecule has 2 N–H and O–H groups in total. The fraction of sp³-hybridized carbons (Fsp3) is 0.176. The van der Waals surface area contributed by atoms with E-state index in [2.05, 4.69) is 20.6 Å². The number of halogens is 2. The monoisotopic (exact) mass is 344 g/mol. The molecule has 23 heavy (non-hydrogen) atoms. The van der Waals surface area contributed by atoms with E-state index in [9.17, 15) is 0 Å². The van der Waals surface area contributed by atoms with Gasteiger partial charge in [-0.3, -0.25) is 0 Å². The molecule has 4 nitrogen and oxygen atoms in total. The van der Waals surface area contributed by atoms with Crippen molar-refractivity contribution >= 4 is 51.6 Å². The third-order valence-electron chi connectivity index (χ3n) is 3.70. The van der Waals surface area contributed by atoms with E-state index < -0.39 is 0 Å². The number of rotatable bonds is 4. The summed E-state index contributed by atoms with van der Waals surface area (Å²) in [5.41, 5.74) is 1.69. The number of aromatic nitrogens is 2. The van der Waals surface area contributed by atoms with E-state index in [1.165, 1.54) is 12.8 Å². The Hall–Kier alpha value is -2.04. The molecule has 0 aliphatic heterocycles. The fourth-order valence-corrected chi connectivity index (χ4v) is 2.66. The number of para-hydroxylation sites is 1. The predicted octanol–water partition coefficient (Wildman–Crippen LogP) is 5.25. The highest BCUT2D eigenvalue weighted by Gasteiger charge is 2.22. The van der Waals surface area contributed by atoms with Crippen LogP contribution in [0.15, 0.2) is 42.5 Å². The zero-order chi connectivity index (χ0) is 15.8. The lowest BCUT2D eigenvalue weighted by Gasteiger charge is -2.11. The molecule has 1 aliphatic carbocycles. The maximum atomic E-state index is 6.06. The molecular weight excluding hydrogens is 331 g/mol. The van der Waals surface area contributed by atoms with Crippen molar-refractivity contribution in [2.24, 2.45) is 0 Å². The van der Waals surface area contributed by atoms with Crippen molar-refractivity contribution in [3.8, 4) is 0 Å². The molecule has 4 rings (SSSR count). The molecule has 1 aromatic heterocycles. The van der Waals surface area contributed by atoms with Crippen molar-refractivity contribution in [2.45, 2.75) is 18.9 Å². The van der Waals surface area contributed by atoms with Gasteiger partial charge >= 0.3 is 0 Å². The van der Waals surface area contributed by atoms with Crippen LogP contribution in [0.5, 0.6) is 0 Å². The van der Waals surface area contributed by atoms with Crippen LogP contribution in [0.2, 0.25) is 10.0 Å². The first-order valence-electron chi connectivity index (χ1n) is 7.44. The summed E-state index contributed by atoms with van der Waals surface area (Å²) in [6.07, 6.45) is 2.38. The Balaban J connectivity index is 1.72. The lowest BCUT2D eigenvalue weighted by molar-refractivity contribution is 1.11. The van der Waals surface area contributed by atoms with Gasteiger partial charge in [-0.1, -0.05) is 35.3 Å². The van der Waals surface area contributed by atoms with Crippen molar-refractivity contribution in [2.75, 3.05) is 10.6 Å². The van der Waals surface area contributed by atoms with E-state index >= 15 is 0 Å². The molecule has 1 fully saturated rings. The Bertz CT molecular complexity index is 878. The van der Waals surface area contributed by atoms with Gasteiger partial charge in [-0.25, -0.2) is 4.98 Å². The molecule has 1 saturated carbocycles. The normalized spacial score (nSPS) is 14.0. The maximum Gasteiger partial charge on any atom is 0.229 e. The number of nitrogens with zero attached hydrogens (tertiary/aromatic N) is 2. The minimum atomic E-state index is 0.494. The summed E-state index contributed by atoms with van der Waals surface area (Å²) >= 11 is 12.0. The van der Waals surface area contributed by atoms with Crippen molar-refractivity contribution in [3.05, 3.63) is 52.5 Å². The molecule has 0 saturated heterocycles. The zero-order valence-electron chi connectivity index (χ0n) is 12.2. The predicted molar refractivity (Wildman–Crippen MR) is 95.9 cm³/mol. The lowest BCUT2D eigenvalue weighted by atomic mass is 10.2. The average molecular weight is 345 g/mol. The maximum absolute atomic E-state index is 6.06. The number of benzene rings is 2. The number of fused-ring (bicyclic) bond motifs is 1.